The number of aromatic nitrogens is 1. The van der Waals surface area contributed by atoms with E-state index >= 15 is 0 Å². The Morgan fingerprint density at radius 1 is 1.35 bits per heavy atom. The average Bonchev–Trinajstić information content (AvgIpc) is 2.90. The molecule has 2 heterocycles. The molecule has 0 saturated carbocycles. The smallest absolute Gasteiger partial charge is 0.126 e. The van der Waals surface area contributed by atoms with Gasteiger partial charge in [-0.2, -0.15) is 0 Å². The second kappa shape index (κ2) is 6.83. The van der Waals surface area contributed by atoms with Crippen LogP contribution in [0.15, 0.2) is 42.6 Å². The summed E-state index contributed by atoms with van der Waals surface area (Å²) in [6.07, 6.45) is 2.22. The lowest BCUT2D eigenvalue weighted by atomic mass is 10.1. The molecule has 122 valence electrons. The quantitative estimate of drug-likeness (QED) is 0.912. The van der Waals surface area contributed by atoms with Gasteiger partial charge in [0, 0.05) is 31.9 Å². The van der Waals surface area contributed by atoms with Gasteiger partial charge in [-0.05, 0) is 30.7 Å². The van der Waals surface area contributed by atoms with Crippen LogP contribution < -0.4 is 4.74 Å². The number of halogens is 2. The zero-order valence-corrected chi connectivity index (χ0v) is 13.3. The molecule has 1 fully saturated rings. The van der Waals surface area contributed by atoms with Gasteiger partial charge in [0.05, 0.1) is 10.7 Å². The molecular formula is C17H18ClFN2O2. The minimum absolute atomic E-state index is 0.140. The number of likely N-dealkylation sites (tertiary alicyclic amines) is 1. The Hall–Kier alpha value is -1.69. The van der Waals surface area contributed by atoms with E-state index < -0.39 is 5.60 Å². The van der Waals surface area contributed by atoms with E-state index in [2.05, 4.69) is 9.88 Å². The van der Waals surface area contributed by atoms with Crippen molar-refractivity contribution in [1.29, 1.82) is 0 Å². The number of hydrogen-bond donors (Lipinski definition) is 1. The third kappa shape index (κ3) is 4.41. The van der Waals surface area contributed by atoms with Gasteiger partial charge in [-0.25, -0.2) is 4.39 Å². The normalized spacial score (nSPS) is 21.5. The van der Waals surface area contributed by atoms with Crippen molar-refractivity contribution in [2.75, 3.05) is 19.7 Å². The molecule has 1 aromatic heterocycles. The number of pyridine rings is 1. The minimum Gasteiger partial charge on any atom is -0.490 e. The summed E-state index contributed by atoms with van der Waals surface area (Å²) in [7, 11) is 0. The highest BCUT2D eigenvalue weighted by molar-refractivity contribution is 6.30. The maximum Gasteiger partial charge on any atom is 0.126 e. The van der Waals surface area contributed by atoms with Crippen molar-refractivity contribution in [2.24, 2.45) is 0 Å². The summed E-state index contributed by atoms with van der Waals surface area (Å²) in [6.45, 7) is 2.04. The van der Waals surface area contributed by atoms with Gasteiger partial charge >= 0.3 is 0 Å². The fourth-order valence-corrected chi connectivity index (χ4v) is 2.81. The van der Waals surface area contributed by atoms with Crippen molar-refractivity contribution in [2.45, 2.75) is 18.6 Å². The van der Waals surface area contributed by atoms with Crippen LogP contribution in [0.4, 0.5) is 4.39 Å². The zero-order valence-electron chi connectivity index (χ0n) is 12.6. The lowest BCUT2D eigenvalue weighted by molar-refractivity contribution is 0.00321. The van der Waals surface area contributed by atoms with Crippen LogP contribution in [0.3, 0.4) is 0 Å². The molecule has 1 aromatic carbocycles. The van der Waals surface area contributed by atoms with Crippen LogP contribution in [0.2, 0.25) is 5.02 Å². The predicted molar refractivity (Wildman–Crippen MR) is 86.0 cm³/mol. The number of ether oxygens (including phenoxy) is 1. The van der Waals surface area contributed by atoms with Gasteiger partial charge in [0.15, 0.2) is 0 Å². The van der Waals surface area contributed by atoms with E-state index in [1.165, 1.54) is 12.1 Å². The summed E-state index contributed by atoms with van der Waals surface area (Å²) in [6, 6.07) is 9.62. The SMILES string of the molecule is OC1(COc2cccc(F)c2)CCN(Cc2ccc(Cl)cn2)C1. The highest BCUT2D eigenvalue weighted by atomic mass is 35.5. The van der Waals surface area contributed by atoms with E-state index in [1.807, 2.05) is 6.07 Å². The fraction of sp³-hybridized carbons (Fsp3) is 0.353. The first-order valence-electron chi connectivity index (χ1n) is 7.46. The van der Waals surface area contributed by atoms with E-state index in [4.69, 9.17) is 16.3 Å². The molecule has 2 aromatic rings. The molecule has 1 aliphatic rings. The number of aliphatic hydroxyl groups is 1. The zero-order chi connectivity index (χ0) is 16.3. The highest BCUT2D eigenvalue weighted by Gasteiger charge is 2.37. The Labute approximate surface area is 139 Å². The van der Waals surface area contributed by atoms with Crippen molar-refractivity contribution in [3.05, 3.63) is 59.1 Å². The summed E-state index contributed by atoms with van der Waals surface area (Å²) in [5.41, 5.74) is -0.0247. The number of rotatable bonds is 5. The Kier molecular flexibility index (Phi) is 4.80. The number of nitrogens with zero attached hydrogens (tertiary/aromatic N) is 2. The van der Waals surface area contributed by atoms with E-state index in [9.17, 15) is 9.50 Å². The van der Waals surface area contributed by atoms with Crippen LogP contribution in [0.5, 0.6) is 5.75 Å². The van der Waals surface area contributed by atoms with Gasteiger partial charge < -0.3 is 9.84 Å². The molecule has 1 N–H and O–H groups in total. The predicted octanol–water partition coefficient (Wildman–Crippen LogP) is 2.89. The molecule has 6 heteroatoms. The van der Waals surface area contributed by atoms with E-state index in [0.29, 0.717) is 30.3 Å². The molecule has 4 nitrogen and oxygen atoms in total. The molecule has 0 aliphatic carbocycles. The van der Waals surface area contributed by atoms with Crippen LogP contribution in [0.25, 0.3) is 0 Å². The van der Waals surface area contributed by atoms with Crippen molar-refractivity contribution in [3.8, 4) is 5.75 Å². The summed E-state index contributed by atoms with van der Waals surface area (Å²) in [4.78, 5) is 6.38. The van der Waals surface area contributed by atoms with Gasteiger partial charge in [0.25, 0.3) is 0 Å². The lowest BCUT2D eigenvalue weighted by Crippen LogP contribution is -2.39. The Balaban J connectivity index is 1.54. The van der Waals surface area contributed by atoms with Crippen LogP contribution in [-0.4, -0.2) is 40.3 Å². The van der Waals surface area contributed by atoms with Gasteiger partial charge in [0.2, 0.25) is 0 Å². The molecule has 3 rings (SSSR count). The second-order valence-corrected chi connectivity index (χ2v) is 6.34. The monoisotopic (exact) mass is 336 g/mol. The maximum absolute atomic E-state index is 13.1. The molecular weight excluding hydrogens is 319 g/mol. The van der Waals surface area contributed by atoms with Crippen LogP contribution in [-0.2, 0) is 6.54 Å². The highest BCUT2D eigenvalue weighted by Crippen LogP contribution is 2.24. The van der Waals surface area contributed by atoms with E-state index in [-0.39, 0.29) is 12.4 Å². The van der Waals surface area contributed by atoms with E-state index in [1.54, 1.807) is 24.4 Å². The van der Waals surface area contributed by atoms with Crippen LogP contribution in [0, 0.1) is 5.82 Å². The number of benzene rings is 1. The summed E-state index contributed by atoms with van der Waals surface area (Å²) >= 11 is 5.82. The Morgan fingerprint density at radius 2 is 2.22 bits per heavy atom. The Morgan fingerprint density at radius 3 is 2.96 bits per heavy atom. The third-order valence-electron chi connectivity index (χ3n) is 3.89. The third-order valence-corrected chi connectivity index (χ3v) is 4.11. The minimum atomic E-state index is -0.932. The van der Waals surface area contributed by atoms with E-state index in [0.717, 1.165) is 12.2 Å². The summed E-state index contributed by atoms with van der Waals surface area (Å²) in [5, 5.41) is 11.2. The number of hydrogen-bond acceptors (Lipinski definition) is 4. The molecule has 1 saturated heterocycles. The van der Waals surface area contributed by atoms with Crippen molar-refractivity contribution in [1.82, 2.24) is 9.88 Å². The molecule has 23 heavy (non-hydrogen) atoms. The molecule has 1 unspecified atom stereocenters. The van der Waals surface area contributed by atoms with Crippen molar-refractivity contribution in [3.63, 3.8) is 0 Å². The maximum atomic E-state index is 13.1. The number of β-amino-alcohol motifs (C(OH)–C–C–N with tert-alkyl or cyclic N) is 1. The first-order chi connectivity index (χ1) is 11.0. The average molecular weight is 337 g/mol. The molecule has 0 bridgehead atoms. The first-order valence-corrected chi connectivity index (χ1v) is 7.84. The van der Waals surface area contributed by atoms with Crippen LogP contribution in [0.1, 0.15) is 12.1 Å². The second-order valence-electron chi connectivity index (χ2n) is 5.90. The van der Waals surface area contributed by atoms with Gasteiger partial charge in [-0.3, -0.25) is 9.88 Å². The first kappa shape index (κ1) is 16.2. The summed E-state index contributed by atoms with van der Waals surface area (Å²) in [5.74, 6) is 0.0765. The fourth-order valence-electron chi connectivity index (χ4n) is 2.70. The largest absolute Gasteiger partial charge is 0.490 e. The van der Waals surface area contributed by atoms with Gasteiger partial charge in [-0.15, -0.1) is 0 Å². The van der Waals surface area contributed by atoms with Gasteiger partial charge in [0.1, 0.15) is 23.8 Å². The summed E-state index contributed by atoms with van der Waals surface area (Å²) < 4.78 is 18.7. The molecule has 1 aliphatic heterocycles. The van der Waals surface area contributed by atoms with Crippen LogP contribution >= 0.6 is 11.6 Å². The topological polar surface area (TPSA) is 45.6 Å². The molecule has 0 radical (unpaired) electrons. The standard InChI is InChI=1S/C17H18ClFN2O2/c18-13-4-5-15(20-9-13)10-21-7-6-17(22,11-21)12-23-16-3-1-2-14(19)8-16/h1-5,8-9,22H,6-7,10-12H2. The molecule has 0 spiro atoms. The van der Waals surface area contributed by atoms with Crippen molar-refractivity contribution >= 4 is 11.6 Å². The van der Waals surface area contributed by atoms with Gasteiger partial charge in [-0.1, -0.05) is 17.7 Å². The molecule has 1 atom stereocenters. The molecule has 0 amide bonds. The lowest BCUT2D eigenvalue weighted by Gasteiger charge is -2.23. The Bertz CT molecular complexity index is 668. The van der Waals surface area contributed by atoms with Crippen molar-refractivity contribution < 1.29 is 14.2 Å².